The summed E-state index contributed by atoms with van der Waals surface area (Å²) in [7, 11) is 0. The monoisotopic (exact) mass is 295 g/mol. The molecular formula is C18H33NO2. The number of likely N-dealkylation sites (tertiary alicyclic amines) is 1. The van der Waals surface area contributed by atoms with Crippen molar-refractivity contribution < 1.29 is 9.84 Å². The Hall–Kier alpha value is -0.120. The molecule has 0 aromatic carbocycles. The molecule has 0 amide bonds. The number of piperidine rings is 1. The highest BCUT2D eigenvalue weighted by atomic mass is 16.5. The molecule has 3 aliphatic rings. The highest BCUT2D eigenvalue weighted by Crippen LogP contribution is 2.42. The van der Waals surface area contributed by atoms with Crippen molar-refractivity contribution in [2.75, 3.05) is 13.1 Å². The average Bonchev–Trinajstić information content (AvgIpc) is 2.84. The Bertz CT molecular complexity index is 325. The summed E-state index contributed by atoms with van der Waals surface area (Å²) < 4.78 is 6.54. The lowest BCUT2D eigenvalue weighted by atomic mass is 9.83. The maximum absolute atomic E-state index is 9.72. The molecule has 2 saturated heterocycles. The Balaban J connectivity index is 1.53. The van der Waals surface area contributed by atoms with E-state index >= 15 is 0 Å². The van der Waals surface area contributed by atoms with Gasteiger partial charge >= 0.3 is 0 Å². The fraction of sp³-hybridized carbons (Fsp3) is 1.00. The Labute approximate surface area is 130 Å². The lowest BCUT2D eigenvalue weighted by Gasteiger charge is -2.39. The van der Waals surface area contributed by atoms with Crippen LogP contribution in [0.4, 0.5) is 0 Å². The van der Waals surface area contributed by atoms with Gasteiger partial charge in [-0.3, -0.25) is 4.90 Å². The first-order chi connectivity index (χ1) is 10.2. The molecule has 1 spiro atoms. The van der Waals surface area contributed by atoms with Crippen LogP contribution < -0.4 is 0 Å². The highest BCUT2D eigenvalue weighted by molar-refractivity contribution is 4.93. The van der Waals surface area contributed by atoms with Gasteiger partial charge < -0.3 is 9.84 Å². The molecule has 2 heterocycles. The molecule has 0 aromatic rings. The first kappa shape index (κ1) is 15.8. The van der Waals surface area contributed by atoms with Crippen LogP contribution in [0.1, 0.15) is 77.6 Å². The van der Waals surface area contributed by atoms with Gasteiger partial charge in [0.25, 0.3) is 0 Å². The summed E-state index contributed by atoms with van der Waals surface area (Å²) in [5.74, 6) is 0. The Kier molecular flexibility index (Phi) is 5.23. The Morgan fingerprint density at radius 2 is 1.90 bits per heavy atom. The van der Waals surface area contributed by atoms with Crippen molar-refractivity contribution in [3.05, 3.63) is 0 Å². The van der Waals surface area contributed by atoms with Crippen LogP contribution in [0.2, 0.25) is 0 Å². The highest BCUT2D eigenvalue weighted by Gasteiger charge is 2.41. The number of nitrogens with zero attached hydrogens (tertiary/aromatic N) is 1. The van der Waals surface area contributed by atoms with Crippen LogP contribution in [-0.4, -0.2) is 46.9 Å². The summed E-state index contributed by atoms with van der Waals surface area (Å²) >= 11 is 0. The first-order valence-electron chi connectivity index (χ1n) is 9.27. The molecule has 3 atom stereocenters. The van der Waals surface area contributed by atoms with Gasteiger partial charge in [0.1, 0.15) is 0 Å². The van der Waals surface area contributed by atoms with Crippen molar-refractivity contribution in [2.24, 2.45) is 0 Å². The smallest absolute Gasteiger partial charge is 0.0710 e. The minimum Gasteiger partial charge on any atom is -0.393 e. The molecule has 3 heteroatoms. The molecule has 1 aliphatic carbocycles. The second-order valence-electron chi connectivity index (χ2n) is 7.75. The molecule has 0 bridgehead atoms. The molecule has 21 heavy (non-hydrogen) atoms. The number of hydrogen-bond acceptors (Lipinski definition) is 3. The largest absolute Gasteiger partial charge is 0.393 e. The number of ether oxygens (including phenoxy) is 1. The first-order valence-corrected chi connectivity index (χ1v) is 9.27. The summed E-state index contributed by atoms with van der Waals surface area (Å²) in [4.78, 5) is 2.61. The van der Waals surface area contributed by atoms with E-state index < -0.39 is 0 Å². The van der Waals surface area contributed by atoms with Gasteiger partial charge in [0, 0.05) is 12.6 Å². The van der Waals surface area contributed by atoms with Gasteiger partial charge in [0.05, 0.1) is 17.8 Å². The van der Waals surface area contributed by atoms with Crippen LogP contribution >= 0.6 is 0 Å². The number of aliphatic hydroxyl groups is 1. The maximum atomic E-state index is 9.72. The number of hydrogen-bond donors (Lipinski definition) is 1. The van der Waals surface area contributed by atoms with Crippen LogP contribution in [0.5, 0.6) is 0 Å². The zero-order chi connectivity index (χ0) is 14.7. The molecule has 1 saturated carbocycles. The minimum absolute atomic E-state index is 0.176. The third-order valence-corrected chi connectivity index (χ3v) is 5.90. The number of aliphatic hydroxyl groups excluding tert-OH is 1. The van der Waals surface area contributed by atoms with E-state index in [2.05, 4.69) is 4.90 Å². The maximum Gasteiger partial charge on any atom is 0.0710 e. The second kappa shape index (κ2) is 6.97. The lowest BCUT2D eigenvalue weighted by molar-refractivity contribution is -0.0781. The third-order valence-electron chi connectivity index (χ3n) is 5.90. The molecular weight excluding hydrogens is 262 g/mol. The Morgan fingerprint density at radius 3 is 2.67 bits per heavy atom. The van der Waals surface area contributed by atoms with E-state index in [1.54, 1.807) is 0 Å². The molecule has 1 N–H and O–H groups in total. The van der Waals surface area contributed by atoms with Crippen LogP contribution in [0.25, 0.3) is 0 Å². The zero-order valence-electron chi connectivity index (χ0n) is 13.7. The van der Waals surface area contributed by atoms with Crippen LogP contribution in [0, 0.1) is 0 Å². The number of rotatable bonds is 4. The average molecular weight is 295 g/mol. The van der Waals surface area contributed by atoms with Gasteiger partial charge in [-0.25, -0.2) is 0 Å². The quantitative estimate of drug-likeness (QED) is 0.861. The normalized spacial score (nSPS) is 35.1. The summed E-state index contributed by atoms with van der Waals surface area (Å²) in [5, 5.41) is 9.72. The van der Waals surface area contributed by atoms with Gasteiger partial charge in [-0.15, -0.1) is 0 Å². The fourth-order valence-corrected chi connectivity index (χ4v) is 4.81. The summed E-state index contributed by atoms with van der Waals surface area (Å²) in [6.45, 7) is 4.22. The Morgan fingerprint density at radius 1 is 1.10 bits per heavy atom. The summed E-state index contributed by atoms with van der Waals surface area (Å²) in [5.41, 5.74) is 0.248. The molecule has 0 aromatic heterocycles. The fourth-order valence-electron chi connectivity index (χ4n) is 4.81. The predicted molar refractivity (Wildman–Crippen MR) is 85.4 cm³/mol. The topological polar surface area (TPSA) is 32.7 Å². The minimum atomic E-state index is -0.176. The van der Waals surface area contributed by atoms with Crippen LogP contribution in [0.15, 0.2) is 0 Å². The van der Waals surface area contributed by atoms with E-state index in [-0.39, 0.29) is 11.7 Å². The standard InChI is InChI=1S/C18H33NO2/c1-15(20)13-16-7-3-6-12-19(16)14-17-8-11-18(21-17)9-4-2-5-10-18/h15-17,20H,2-14H2,1H3. The van der Waals surface area contributed by atoms with Gasteiger partial charge in [-0.2, -0.15) is 0 Å². The molecule has 2 aliphatic heterocycles. The lowest BCUT2D eigenvalue weighted by Crippen LogP contribution is -2.45. The van der Waals surface area contributed by atoms with Gasteiger partial charge in [0.15, 0.2) is 0 Å². The zero-order valence-corrected chi connectivity index (χ0v) is 13.7. The van der Waals surface area contributed by atoms with E-state index in [1.807, 2.05) is 6.92 Å². The summed E-state index contributed by atoms with van der Waals surface area (Å²) in [6.07, 6.45) is 14.3. The SMILES string of the molecule is CC(O)CC1CCCCN1CC1CCC2(CCCCC2)O1. The van der Waals surface area contributed by atoms with Gasteiger partial charge in [0.2, 0.25) is 0 Å². The van der Waals surface area contributed by atoms with Crippen molar-refractivity contribution >= 4 is 0 Å². The molecule has 3 unspecified atom stereocenters. The molecule has 3 rings (SSSR count). The molecule has 0 radical (unpaired) electrons. The summed E-state index contributed by atoms with van der Waals surface area (Å²) in [6, 6.07) is 0.574. The molecule has 3 nitrogen and oxygen atoms in total. The van der Waals surface area contributed by atoms with Crippen molar-refractivity contribution in [1.82, 2.24) is 4.90 Å². The van der Waals surface area contributed by atoms with E-state index in [1.165, 1.54) is 70.8 Å². The van der Waals surface area contributed by atoms with E-state index in [0.29, 0.717) is 12.1 Å². The van der Waals surface area contributed by atoms with Crippen LogP contribution in [0.3, 0.4) is 0 Å². The van der Waals surface area contributed by atoms with E-state index in [9.17, 15) is 5.11 Å². The van der Waals surface area contributed by atoms with Crippen molar-refractivity contribution in [1.29, 1.82) is 0 Å². The van der Waals surface area contributed by atoms with Gasteiger partial charge in [-0.1, -0.05) is 25.7 Å². The van der Waals surface area contributed by atoms with Gasteiger partial charge in [-0.05, 0) is 58.4 Å². The predicted octanol–water partition coefficient (Wildman–Crippen LogP) is 3.49. The van der Waals surface area contributed by atoms with Crippen molar-refractivity contribution in [3.63, 3.8) is 0 Å². The van der Waals surface area contributed by atoms with E-state index in [0.717, 1.165) is 13.0 Å². The second-order valence-corrected chi connectivity index (χ2v) is 7.75. The van der Waals surface area contributed by atoms with Crippen LogP contribution in [-0.2, 0) is 4.74 Å². The van der Waals surface area contributed by atoms with Crippen molar-refractivity contribution in [2.45, 2.75) is 101 Å². The molecule has 122 valence electrons. The van der Waals surface area contributed by atoms with E-state index in [4.69, 9.17) is 4.74 Å². The van der Waals surface area contributed by atoms with Crippen molar-refractivity contribution in [3.8, 4) is 0 Å². The third kappa shape index (κ3) is 4.00. The molecule has 3 fully saturated rings.